The van der Waals surface area contributed by atoms with E-state index in [-0.39, 0.29) is 24.3 Å². The van der Waals surface area contributed by atoms with E-state index in [0.29, 0.717) is 38.1 Å². The van der Waals surface area contributed by atoms with Gasteiger partial charge in [0.25, 0.3) is 5.91 Å². The minimum atomic E-state index is -3.15. The molecule has 0 radical (unpaired) electrons. The smallest absolute Gasteiger partial charge is 0.258 e. The Hall–Kier alpha value is -1.60. The highest BCUT2D eigenvalue weighted by atomic mass is 32.2. The van der Waals surface area contributed by atoms with E-state index in [4.69, 9.17) is 4.74 Å². The van der Waals surface area contributed by atoms with Crippen LogP contribution in [0.25, 0.3) is 0 Å². The number of para-hydroxylation sites is 1. The van der Waals surface area contributed by atoms with Crippen molar-refractivity contribution in [1.82, 2.24) is 9.62 Å². The molecule has 0 unspecified atom stereocenters. The van der Waals surface area contributed by atoms with E-state index in [1.54, 1.807) is 16.4 Å². The van der Waals surface area contributed by atoms with Crippen molar-refractivity contribution in [3.8, 4) is 5.75 Å². The van der Waals surface area contributed by atoms with Crippen LogP contribution in [0.15, 0.2) is 30.3 Å². The minimum Gasteiger partial charge on any atom is -0.484 e. The molecule has 2 rings (SSSR count). The van der Waals surface area contributed by atoms with Crippen LogP contribution in [0.4, 0.5) is 0 Å². The number of carbonyl (C=O) groups is 1. The Balaban J connectivity index is 1.71. The quantitative estimate of drug-likeness (QED) is 0.772. The van der Waals surface area contributed by atoms with Gasteiger partial charge in [0.1, 0.15) is 5.75 Å². The van der Waals surface area contributed by atoms with Gasteiger partial charge in [-0.05, 0) is 31.4 Å². The molecule has 1 aromatic carbocycles. The topological polar surface area (TPSA) is 75.7 Å². The number of nitrogens with zero attached hydrogens (tertiary/aromatic N) is 1. The van der Waals surface area contributed by atoms with E-state index >= 15 is 0 Å². The Labute approximate surface area is 144 Å². The van der Waals surface area contributed by atoms with Gasteiger partial charge in [0.15, 0.2) is 6.61 Å². The summed E-state index contributed by atoms with van der Waals surface area (Å²) in [6.07, 6.45) is 2.84. The summed E-state index contributed by atoms with van der Waals surface area (Å²) in [4.78, 5) is 11.9. The van der Waals surface area contributed by atoms with Crippen molar-refractivity contribution >= 4 is 15.9 Å². The Morgan fingerprint density at radius 1 is 1.25 bits per heavy atom. The van der Waals surface area contributed by atoms with Crippen LogP contribution in [-0.4, -0.2) is 50.1 Å². The number of piperidine rings is 1. The van der Waals surface area contributed by atoms with Crippen molar-refractivity contribution in [2.24, 2.45) is 0 Å². The third-order valence-electron chi connectivity index (χ3n) is 4.08. The van der Waals surface area contributed by atoms with E-state index in [1.165, 1.54) is 0 Å². The molecule has 1 aromatic rings. The van der Waals surface area contributed by atoms with Gasteiger partial charge in [0, 0.05) is 19.1 Å². The fraction of sp³-hybridized carbons (Fsp3) is 0.588. The maximum atomic E-state index is 12.2. The van der Waals surface area contributed by atoms with Crippen LogP contribution >= 0.6 is 0 Å². The normalized spacial score (nSPS) is 16.7. The molecule has 1 saturated heterocycles. The highest BCUT2D eigenvalue weighted by Gasteiger charge is 2.28. The molecule has 7 heteroatoms. The highest BCUT2D eigenvalue weighted by Crippen LogP contribution is 2.15. The first-order chi connectivity index (χ1) is 11.5. The minimum absolute atomic E-state index is 0.00879. The summed E-state index contributed by atoms with van der Waals surface area (Å²) < 4.78 is 31.3. The first kappa shape index (κ1) is 18.7. The molecule has 0 aliphatic carbocycles. The second-order valence-corrected chi connectivity index (χ2v) is 8.10. The van der Waals surface area contributed by atoms with Gasteiger partial charge in [-0.2, -0.15) is 0 Å². The predicted octanol–water partition coefficient (Wildman–Crippen LogP) is 1.78. The molecule has 1 heterocycles. The SMILES string of the molecule is CCCCS(=O)(=O)N1CCC(NC(=O)COc2ccccc2)CC1. The van der Waals surface area contributed by atoms with Gasteiger partial charge in [-0.3, -0.25) is 4.79 Å². The number of amides is 1. The number of rotatable bonds is 8. The average Bonchev–Trinajstić information content (AvgIpc) is 2.60. The standard InChI is InChI=1S/C17H26N2O4S/c1-2-3-13-24(21,22)19-11-9-15(10-12-19)18-17(20)14-23-16-7-5-4-6-8-16/h4-8,15H,2-3,9-14H2,1H3,(H,18,20). The van der Waals surface area contributed by atoms with Gasteiger partial charge in [-0.25, -0.2) is 12.7 Å². The molecule has 24 heavy (non-hydrogen) atoms. The van der Waals surface area contributed by atoms with Crippen molar-refractivity contribution in [2.75, 3.05) is 25.4 Å². The first-order valence-corrected chi connectivity index (χ1v) is 10.1. The fourth-order valence-electron chi connectivity index (χ4n) is 2.67. The molecular weight excluding hydrogens is 328 g/mol. The lowest BCUT2D eigenvalue weighted by Gasteiger charge is -2.31. The van der Waals surface area contributed by atoms with Crippen LogP contribution in [0.3, 0.4) is 0 Å². The molecule has 1 aliphatic heterocycles. The van der Waals surface area contributed by atoms with E-state index in [0.717, 1.165) is 6.42 Å². The molecule has 134 valence electrons. The number of hydrogen-bond donors (Lipinski definition) is 1. The van der Waals surface area contributed by atoms with Crippen molar-refractivity contribution < 1.29 is 17.9 Å². The molecule has 6 nitrogen and oxygen atoms in total. The lowest BCUT2D eigenvalue weighted by atomic mass is 10.1. The number of sulfonamides is 1. The van der Waals surface area contributed by atoms with Gasteiger partial charge >= 0.3 is 0 Å². The molecule has 1 N–H and O–H groups in total. The third-order valence-corrected chi connectivity index (χ3v) is 6.04. The molecular formula is C17H26N2O4S. The molecule has 0 atom stereocenters. The largest absolute Gasteiger partial charge is 0.484 e. The molecule has 0 spiro atoms. The van der Waals surface area contributed by atoms with Crippen molar-refractivity contribution in [1.29, 1.82) is 0 Å². The predicted molar refractivity (Wildman–Crippen MR) is 93.4 cm³/mol. The summed E-state index contributed by atoms with van der Waals surface area (Å²) in [7, 11) is -3.15. The van der Waals surface area contributed by atoms with E-state index < -0.39 is 10.0 Å². The maximum Gasteiger partial charge on any atom is 0.258 e. The van der Waals surface area contributed by atoms with Gasteiger partial charge in [-0.15, -0.1) is 0 Å². The zero-order chi connectivity index (χ0) is 17.4. The second-order valence-electron chi connectivity index (χ2n) is 6.01. The number of ether oxygens (including phenoxy) is 1. The van der Waals surface area contributed by atoms with Crippen LogP contribution in [0.1, 0.15) is 32.6 Å². The molecule has 0 bridgehead atoms. The fourth-order valence-corrected chi connectivity index (χ4v) is 4.35. The molecule has 1 amide bonds. The Morgan fingerprint density at radius 2 is 1.92 bits per heavy atom. The van der Waals surface area contributed by atoms with Crippen LogP contribution in [0.5, 0.6) is 5.75 Å². The molecule has 0 aromatic heterocycles. The number of benzene rings is 1. The number of unbranched alkanes of at least 4 members (excludes halogenated alkanes) is 1. The number of nitrogens with one attached hydrogen (secondary N) is 1. The van der Waals surface area contributed by atoms with Gasteiger partial charge in [0.05, 0.1) is 5.75 Å². The summed E-state index contributed by atoms with van der Waals surface area (Å²) in [6.45, 7) is 2.89. The highest BCUT2D eigenvalue weighted by molar-refractivity contribution is 7.89. The summed E-state index contributed by atoms with van der Waals surface area (Å²) in [6, 6.07) is 9.19. The summed E-state index contributed by atoms with van der Waals surface area (Å²) in [5.74, 6) is 0.696. The Bertz CT molecular complexity index is 611. The molecule has 0 saturated carbocycles. The van der Waals surface area contributed by atoms with E-state index in [1.807, 2.05) is 25.1 Å². The van der Waals surface area contributed by atoms with Crippen LogP contribution in [0.2, 0.25) is 0 Å². The number of hydrogen-bond acceptors (Lipinski definition) is 4. The summed E-state index contributed by atoms with van der Waals surface area (Å²) >= 11 is 0. The van der Waals surface area contributed by atoms with E-state index in [2.05, 4.69) is 5.32 Å². The lowest BCUT2D eigenvalue weighted by molar-refractivity contribution is -0.124. The van der Waals surface area contributed by atoms with Gasteiger partial charge in [-0.1, -0.05) is 31.5 Å². The van der Waals surface area contributed by atoms with Crippen molar-refractivity contribution in [2.45, 2.75) is 38.6 Å². The molecule has 1 fully saturated rings. The summed E-state index contributed by atoms with van der Waals surface area (Å²) in [5, 5.41) is 2.92. The zero-order valence-corrected chi connectivity index (χ0v) is 14.9. The average molecular weight is 354 g/mol. The first-order valence-electron chi connectivity index (χ1n) is 8.46. The maximum absolute atomic E-state index is 12.2. The second kappa shape index (κ2) is 9.03. The van der Waals surface area contributed by atoms with Crippen LogP contribution < -0.4 is 10.1 Å². The van der Waals surface area contributed by atoms with Crippen molar-refractivity contribution in [3.63, 3.8) is 0 Å². The Morgan fingerprint density at radius 3 is 2.54 bits per heavy atom. The summed E-state index contributed by atoms with van der Waals surface area (Å²) in [5.41, 5.74) is 0. The molecule has 1 aliphatic rings. The monoisotopic (exact) mass is 354 g/mol. The van der Waals surface area contributed by atoms with Gasteiger partial charge in [0.2, 0.25) is 10.0 Å². The lowest BCUT2D eigenvalue weighted by Crippen LogP contribution is -2.47. The Kier molecular flexibility index (Phi) is 7.05. The number of carbonyl (C=O) groups excluding carboxylic acids is 1. The third kappa shape index (κ3) is 5.79. The zero-order valence-electron chi connectivity index (χ0n) is 14.1. The van der Waals surface area contributed by atoms with Gasteiger partial charge < -0.3 is 10.1 Å². The van der Waals surface area contributed by atoms with E-state index in [9.17, 15) is 13.2 Å². The van der Waals surface area contributed by atoms with Crippen LogP contribution in [0, 0.1) is 0 Å². The van der Waals surface area contributed by atoms with Crippen LogP contribution in [-0.2, 0) is 14.8 Å². The van der Waals surface area contributed by atoms with Crippen molar-refractivity contribution in [3.05, 3.63) is 30.3 Å².